The van der Waals surface area contributed by atoms with Crippen LogP contribution in [0.25, 0.3) is 0 Å². The summed E-state index contributed by atoms with van der Waals surface area (Å²) in [6.45, 7) is 8.70. The van der Waals surface area contributed by atoms with Crippen molar-refractivity contribution in [2.24, 2.45) is 0 Å². The first-order valence-corrected chi connectivity index (χ1v) is 12.3. The van der Waals surface area contributed by atoms with Gasteiger partial charge in [-0.2, -0.15) is 0 Å². The Kier molecular flexibility index (Phi) is 7.14. The van der Waals surface area contributed by atoms with E-state index in [1.54, 1.807) is 52.0 Å². The van der Waals surface area contributed by atoms with Gasteiger partial charge in [0, 0.05) is 24.2 Å². The predicted octanol–water partition coefficient (Wildman–Crippen LogP) is 3.71. The second-order valence-corrected chi connectivity index (χ2v) is 10.9. The summed E-state index contributed by atoms with van der Waals surface area (Å²) >= 11 is 0. The van der Waals surface area contributed by atoms with Gasteiger partial charge in [0.25, 0.3) is 5.91 Å². The molecule has 0 atom stereocenters. The van der Waals surface area contributed by atoms with E-state index in [4.69, 9.17) is 4.74 Å². The van der Waals surface area contributed by atoms with E-state index in [1.807, 2.05) is 0 Å². The van der Waals surface area contributed by atoms with E-state index in [0.29, 0.717) is 16.8 Å². The number of benzene rings is 2. The van der Waals surface area contributed by atoms with Gasteiger partial charge in [0.15, 0.2) is 0 Å². The van der Waals surface area contributed by atoms with E-state index in [9.17, 15) is 18.0 Å². The van der Waals surface area contributed by atoms with Crippen molar-refractivity contribution in [1.29, 1.82) is 0 Å². The van der Waals surface area contributed by atoms with Crippen molar-refractivity contribution in [3.05, 3.63) is 53.1 Å². The zero-order valence-electron chi connectivity index (χ0n) is 19.7. The number of carbonyl (C=O) groups excluding carboxylic acids is 2. The molecular formula is C24H31N3O5S. The third kappa shape index (κ3) is 5.91. The van der Waals surface area contributed by atoms with Gasteiger partial charge >= 0.3 is 5.97 Å². The number of ether oxygens (including phenoxy) is 1. The maximum absolute atomic E-state index is 13.3. The number of anilines is 2. The molecule has 0 unspecified atom stereocenters. The Morgan fingerprint density at radius 1 is 1.03 bits per heavy atom. The van der Waals surface area contributed by atoms with Crippen LogP contribution in [0.5, 0.6) is 0 Å². The average Bonchev–Trinajstić information content (AvgIpc) is 3.26. The largest absolute Gasteiger partial charge is 0.465 e. The van der Waals surface area contributed by atoms with Crippen LogP contribution in [0.1, 0.15) is 59.9 Å². The maximum Gasteiger partial charge on any atom is 0.337 e. The number of esters is 1. The molecule has 1 amide bonds. The van der Waals surface area contributed by atoms with Gasteiger partial charge in [0.1, 0.15) is 0 Å². The number of rotatable bonds is 6. The summed E-state index contributed by atoms with van der Waals surface area (Å²) in [6.07, 6.45) is 2.10. The third-order valence-corrected chi connectivity index (χ3v) is 7.07. The van der Waals surface area contributed by atoms with E-state index in [-0.39, 0.29) is 10.5 Å². The highest BCUT2D eigenvalue weighted by molar-refractivity contribution is 7.89. The van der Waals surface area contributed by atoms with Crippen molar-refractivity contribution in [3.63, 3.8) is 0 Å². The molecule has 0 saturated carbocycles. The number of sulfonamides is 1. The minimum atomic E-state index is -3.81. The van der Waals surface area contributed by atoms with Crippen LogP contribution < -0.4 is 14.9 Å². The van der Waals surface area contributed by atoms with Gasteiger partial charge in [0.2, 0.25) is 10.0 Å². The molecule has 0 radical (unpaired) electrons. The zero-order valence-corrected chi connectivity index (χ0v) is 20.5. The van der Waals surface area contributed by atoms with Gasteiger partial charge in [0.05, 0.1) is 28.9 Å². The third-order valence-electron chi connectivity index (χ3n) is 5.32. The predicted molar refractivity (Wildman–Crippen MR) is 128 cm³/mol. The fourth-order valence-corrected chi connectivity index (χ4v) is 5.22. The lowest BCUT2D eigenvalue weighted by atomic mass is 10.1. The molecule has 2 aromatic rings. The van der Waals surface area contributed by atoms with Crippen LogP contribution >= 0.6 is 0 Å². The monoisotopic (exact) mass is 473 g/mol. The minimum absolute atomic E-state index is 0.0104. The number of nitrogens with one attached hydrogen (secondary N) is 2. The molecule has 8 nitrogen and oxygen atoms in total. The van der Waals surface area contributed by atoms with Gasteiger partial charge in [-0.15, -0.1) is 0 Å². The molecule has 1 aliphatic rings. The summed E-state index contributed by atoms with van der Waals surface area (Å²) in [5.74, 6) is -0.959. The van der Waals surface area contributed by atoms with Crippen molar-refractivity contribution in [2.75, 3.05) is 30.4 Å². The van der Waals surface area contributed by atoms with Crippen LogP contribution in [0, 0.1) is 6.92 Å². The topological polar surface area (TPSA) is 105 Å². The van der Waals surface area contributed by atoms with Gasteiger partial charge in [-0.05, 0) is 76.4 Å². The number of aryl methyl sites for hydroxylation is 1. The first-order chi connectivity index (χ1) is 15.4. The zero-order chi connectivity index (χ0) is 24.4. The molecule has 0 spiro atoms. The Morgan fingerprint density at radius 2 is 1.70 bits per heavy atom. The summed E-state index contributed by atoms with van der Waals surface area (Å²) in [5.41, 5.74) is 1.81. The summed E-state index contributed by atoms with van der Waals surface area (Å²) in [4.78, 5) is 27.5. The molecule has 0 aliphatic carbocycles. The smallest absolute Gasteiger partial charge is 0.337 e. The second-order valence-electron chi connectivity index (χ2n) is 9.20. The second kappa shape index (κ2) is 9.52. The highest BCUT2D eigenvalue weighted by Gasteiger charge is 2.25. The normalized spacial score (nSPS) is 14.3. The van der Waals surface area contributed by atoms with E-state index in [1.165, 1.54) is 19.2 Å². The molecular weight excluding hydrogens is 442 g/mol. The molecule has 1 fully saturated rings. The number of methoxy groups -OCH3 is 1. The Hall–Kier alpha value is -2.91. The number of hydrogen-bond donors (Lipinski definition) is 2. The molecule has 1 heterocycles. The molecule has 33 heavy (non-hydrogen) atoms. The maximum atomic E-state index is 13.3. The molecule has 9 heteroatoms. The van der Waals surface area contributed by atoms with Crippen LogP contribution in [-0.4, -0.2) is 46.0 Å². The van der Waals surface area contributed by atoms with Crippen LogP contribution in [0.3, 0.4) is 0 Å². The molecule has 0 bridgehead atoms. The fraction of sp³-hybridized carbons (Fsp3) is 0.417. The Labute approximate surface area is 195 Å². The molecule has 2 N–H and O–H groups in total. The number of carbonyl (C=O) groups is 2. The van der Waals surface area contributed by atoms with Crippen LogP contribution in [0.15, 0.2) is 41.3 Å². The van der Waals surface area contributed by atoms with Crippen LogP contribution in [0.2, 0.25) is 0 Å². The van der Waals surface area contributed by atoms with E-state index >= 15 is 0 Å². The highest BCUT2D eigenvalue weighted by atomic mass is 32.2. The summed E-state index contributed by atoms with van der Waals surface area (Å²) in [7, 11) is -2.50. The SMILES string of the molecule is COC(=O)c1ccc(N2CCCC2)c(NC(=O)c2cc(S(=O)(=O)NC(C)(C)C)ccc2C)c1. The number of amides is 1. The van der Waals surface area contributed by atoms with Crippen molar-refractivity contribution < 1.29 is 22.7 Å². The quantitative estimate of drug-likeness (QED) is 0.620. The molecule has 2 aromatic carbocycles. The molecule has 3 rings (SSSR count). The summed E-state index contributed by atoms with van der Waals surface area (Å²) in [5, 5.41) is 2.89. The van der Waals surface area contributed by atoms with Crippen LogP contribution in [0.4, 0.5) is 11.4 Å². The average molecular weight is 474 g/mol. The van der Waals surface area contributed by atoms with Gasteiger partial charge < -0.3 is 15.0 Å². The molecule has 178 valence electrons. The first kappa shape index (κ1) is 24.7. The van der Waals surface area contributed by atoms with Crippen LogP contribution in [-0.2, 0) is 14.8 Å². The lowest BCUT2D eigenvalue weighted by molar-refractivity contribution is 0.0600. The van der Waals surface area contributed by atoms with Crippen molar-refractivity contribution >= 4 is 33.3 Å². The van der Waals surface area contributed by atoms with Gasteiger partial charge in [-0.25, -0.2) is 17.9 Å². The van der Waals surface area contributed by atoms with Gasteiger partial charge in [-0.3, -0.25) is 4.79 Å². The highest BCUT2D eigenvalue weighted by Crippen LogP contribution is 2.31. The number of nitrogens with zero attached hydrogens (tertiary/aromatic N) is 1. The molecule has 1 aliphatic heterocycles. The van der Waals surface area contributed by atoms with Crippen molar-refractivity contribution in [1.82, 2.24) is 4.72 Å². The van der Waals surface area contributed by atoms with Crippen molar-refractivity contribution in [2.45, 2.75) is 51.0 Å². The lowest BCUT2D eigenvalue weighted by Crippen LogP contribution is -2.40. The van der Waals surface area contributed by atoms with E-state index < -0.39 is 27.4 Å². The Bertz CT molecular complexity index is 1160. The molecule has 0 aromatic heterocycles. The molecule has 1 saturated heterocycles. The van der Waals surface area contributed by atoms with Gasteiger partial charge in [-0.1, -0.05) is 6.07 Å². The standard InChI is InChI=1S/C24H31N3O5S/c1-16-8-10-18(33(30,31)26-24(2,3)4)15-19(16)22(28)25-20-14-17(23(29)32-5)9-11-21(20)27-12-6-7-13-27/h8-11,14-15,26H,6-7,12-13H2,1-5H3,(H,25,28). The van der Waals surface area contributed by atoms with Crippen molar-refractivity contribution in [3.8, 4) is 0 Å². The summed E-state index contributed by atoms with van der Waals surface area (Å²) < 4.78 is 33.0. The number of hydrogen-bond acceptors (Lipinski definition) is 6. The lowest BCUT2D eigenvalue weighted by Gasteiger charge is -2.23. The minimum Gasteiger partial charge on any atom is -0.465 e. The Morgan fingerprint density at radius 3 is 2.30 bits per heavy atom. The first-order valence-electron chi connectivity index (χ1n) is 10.8. The fourth-order valence-electron chi connectivity index (χ4n) is 3.78. The van der Waals surface area contributed by atoms with E-state index in [2.05, 4.69) is 14.9 Å². The van der Waals surface area contributed by atoms with E-state index in [0.717, 1.165) is 31.6 Å². The summed E-state index contributed by atoms with van der Waals surface area (Å²) in [6, 6.07) is 9.53. The Balaban J connectivity index is 1.97.